The van der Waals surface area contributed by atoms with Crippen LogP contribution in [-0.2, 0) is 9.53 Å². The van der Waals surface area contributed by atoms with E-state index in [1.54, 1.807) is 45.4 Å². The average molecular weight is 729 g/mol. The summed E-state index contributed by atoms with van der Waals surface area (Å²) in [6.07, 6.45) is 0.685. The first-order chi connectivity index (χ1) is 21.0. The highest BCUT2D eigenvalue weighted by atomic mass is 79.9. The Morgan fingerprint density at radius 1 is 1.05 bits per heavy atom. The van der Waals surface area contributed by atoms with Gasteiger partial charge in [-0.15, -0.1) is 0 Å². The fourth-order valence-corrected chi connectivity index (χ4v) is 5.56. The molecule has 1 aromatic heterocycles. The monoisotopic (exact) mass is 727 g/mol. The first kappa shape index (κ1) is 33.2. The van der Waals surface area contributed by atoms with Gasteiger partial charge in [-0.3, -0.25) is 4.79 Å². The largest absolute Gasteiger partial charge is 0.496 e. The molecule has 1 heterocycles. The average Bonchev–Trinajstić information content (AvgIpc) is 3.00. The van der Waals surface area contributed by atoms with Gasteiger partial charge in [-0.2, -0.15) is 9.78 Å². The van der Waals surface area contributed by atoms with E-state index in [0.29, 0.717) is 49.3 Å². The second-order valence-corrected chi connectivity index (χ2v) is 11.8. The van der Waals surface area contributed by atoms with Gasteiger partial charge in [-0.1, -0.05) is 26.0 Å². The van der Waals surface area contributed by atoms with Crippen LogP contribution in [0.15, 0.2) is 61.3 Å². The molecule has 0 aliphatic rings. The van der Waals surface area contributed by atoms with Crippen LogP contribution in [0.5, 0.6) is 17.2 Å². The molecule has 0 radical (unpaired) electrons. The van der Waals surface area contributed by atoms with Crippen LogP contribution < -0.4 is 19.8 Å². The summed E-state index contributed by atoms with van der Waals surface area (Å²) in [6.45, 7) is 11.9. The van der Waals surface area contributed by atoms with Crippen molar-refractivity contribution in [3.05, 3.63) is 78.5 Å². The van der Waals surface area contributed by atoms with Gasteiger partial charge in [0.1, 0.15) is 5.75 Å². The van der Waals surface area contributed by atoms with E-state index in [4.69, 9.17) is 23.9 Å². The molecule has 9 nitrogen and oxygen atoms in total. The third-order valence-corrected chi connectivity index (χ3v) is 9.02. The van der Waals surface area contributed by atoms with Gasteiger partial charge < -0.3 is 18.9 Å². The molecule has 3 aromatic carbocycles. The van der Waals surface area contributed by atoms with E-state index in [-0.39, 0.29) is 18.1 Å². The van der Waals surface area contributed by atoms with E-state index >= 15 is 0 Å². The summed E-state index contributed by atoms with van der Waals surface area (Å²) in [4.78, 5) is 31.0. The molecule has 0 aliphatic heterocycles. The smallest absolute Gasteiger partial charge is 0.347 e. The highest BCUT2D eigenvalue weighted by Gasteiger charge is 2.24. The molecule has 0 saturated carbocycles. The van der Waals surface area contributed by atoms with E-state index in [2.05, 4.69) is 50.8 Å². The Morgan fingerprint density at radius 3 is 2.43 bits per heavy atom. The number of carbonyl (C=O) groups is 1. The van der Waals surface area contributed by atoms with Crippen molar-refractivity contribution in [1.82, 2.24) is 9.66 Å². The number of hydrogen-bond donors (Lipinski definition) is 0. The number of hydrogen-bond acceptors (Lipinski definition) is 8. The summed E-state index contributed by atoms with van der Waals surface area (Å²) in [5, 5.41) is 5.11. The molecule has 0 unspecified atom stereocenters. The Bertz CT molecular complexity index is 1780. The van der Waals surface area contributed by atoms with Gasteiger partial charge in [0, 0.05) is 15.6 Å². The van der Waals surface area contributed by atoms with Gasteiger partial charge in [0.25, 0.3) is 5.56 Å². The van der Waals surface area contributed by atoms with Crippen LogP contribution in [0.2, 0.25) is 0 Å². The lowest BCUT2D eigenvalue weighted by Gasteiger charge is -2.19. The molecular weight excluding hydrogens is 694 g/mol. The molecule has 0 fully saturated rings. The van der Waals surface area contributed by atoms with E-state index in [1.807, 2.05) is 38.1 Å². The van der Waals surface area contributed by atoms with E-state index < -0.39 is 12.1 Å². The number of rotatable bonds is 11. The van der Waals surface area contributed by atoms with Crippen LogP contribution in [0.4, 0.5) is 0 Å². The summed E-state index contributed by atoms with van der Waals surface area (Å²) < 4.78 is 25.0. The number of esters is 1. The molecule has 0 amide bonds. The van der Waals surface area contributed by atoms with Crippen LogP contribution in [-0.4, -0.2) is 48.3 Å². The molecule has 0 bridgehead atoms. The summed E-state index contributed by atoms with van der Waals surface area (Å²) in [7, 11) is 1.65. The topological polar surface area (TPSA) is 101 Å². The maximum Gasteiger partial charge on any atom is 0.347 e. The number of carbonyl (C=O) groups excluding carboxylic acids is 1. The molecule has 1 atom stereocenters. The minimum absolute atomic E-state index is 0.172. The minimum Gasteiger partial charge on any atom is -0.496 e. The van der Waals surface area contributed by atoms with Gasteiger partial charge in [0.05, 0.1) is 41.9 Å². The summed E-state index contributed by atoms with van der Waals surface area (Å²) >= 11 is 7.19. The second-order valence-electron chi connectivity index (χ2n) is 10.2. The van der Waals surface area contributed by atoms with E-state index in [1.165, 1.54) is 4.68 Å². The quantitative estimate of drug-likeness (QED) is 0.116. The predicted octanol–water partition coefficient (Wildman–Crippen LogP) is 7.64. The first-order valence-electron chi connectivity index (χ1n) is 14.2. The molecule has 0 saturated heterocycles. The van der Waals surface area contributed by atoms with Gasteiger partial charge in [0.15, 0.2) is 23.4 Å². The van der Waals surface area contributed by atoms with Crippen LogP contribution >= 0.6 is 31.9 Å². The van der Waals surface area contributed by atoms with Crippen molar-refractivity contribution in [3.63, 3.8) is 0 Å². The summed E-state index contributed by atoms with van der Waals surface area (Å²) in [5.74, 6) is 1.57. The van der Waals surface area contributed by atoms with Gasteiger partial charge in [-0.05, 0) is 107 Å². The predicted molar refractivity (Wildman–Crippen MR) is 180 cm³/mol. The van der Waals surface area contributed by atoms with E-state index in [9.17, 15) is 9.59 Å². The van der Waals surface area contributed by atoms with Crippen molar-refractivity contribution < 1.29 is 23.7 Å². The van der Waals surface area contributed by atoms with Crippen molar-refractivity contribution in [2.45, 2.75) is 53.6 Å². The number of methoxy groups -OCH3 is 1. The Balaban J connectivity index is 1.90. The highest BCUT2D eigenvalue weighted by molar-refractivity contribution is 9.13. The van der Waals surface area contributed by atoms with Crippen LogP contribution in [0.1, 0.15) is 57.2 Å². The molecular formula is C33H35Br2N3O6. The molecule has 44 heavy (non-hydrogen) atoms. The van der Waals surface area contributed by atoms with Crippen LogP contribution in [0.25, 0.3) is 22.3 Å². The number of aromatic nitrogens is 2. The standard InChI is InChI=1S/C33H35Br2N3O6/c1-8-42-27-15-21(28(34)29(35)30(27)44-20(6)33(40)43-9-2)17-36-38-31(37-25-13-11-10-12-22(25)32(38)39)24-16-23(18(3)4)26(41-7)14-19(24)5/h10-18,20H,8-9H2,1-7H3/t20-/m1/s1. The number of nitrogens with zero attached hydrogens (tertiary/aromatic N) is 3. The molecule has 4 aromatic rings. The maximum absolute atomic E-state index is 13.9. The Labute approximate surface area is 273 Å². The fraction of sp³-hybridized carbons (Fsp3) is 0.333. The normalized spacial score (nSPS) is 12.1. The third kappa shape index (κ3) is 6.83. The first-order valence-corrected chi connectivity index (χ1v) is 15.8. The molecule has 4 rings (SSSR count). The molecule has 232 valence electrons. The number of fused-ring (bicyclic) bond motifs is 1. The third-order valence-electron chi connectivity index (χ3n) is 6.87. The number of aryl methyl sites for hydroxylation is 1. The minimum atomic E-state index is -0.870. The van der Waals surface area contributed by atoms with Gasteiger partial charge in [0.2, 0.25) is 0 Å². The van der Waals surface area contributed by atoms with Crippen LogP contribution in [0, 0.1) is 6.92 Å². The zero-order valence-corrected chi connectivity index (χ0v) is 28.9. The zero-order chi connectivity index (χ0) is 32.1. The number of ether oxygens (including phenoxy) is 4. The van der Waals surface area contributed by atoms with Crippen molar-refractivity contribution in [2.24, 2.45) is 5.10 Å². The van der Waals surface area contributed by atoms with Gasteiger partial charge >= 0.3 is 5.97 Å². The van der Waals surface area contributed by atoms with Crippen molar-refractivity contribution in [3.8, 4) is 28.6 Å². The van der Waals surface area contributed by atoms with Crippen molar-refractivity contribution in [2.75, 3.05) is 20.3 Å². The lowest BCUT2D eigenvalue weighted by Crippen LogP contribution is -2.26. The van der Waals surface area contributed by atoms with Crippen molar-refractivity contribution in [1.29, 1.82) is 0 Å². The highest BCUT2D eigenvalue weighted by Crippen LogP contribution is 2.43. The Morgan fingerprint density at radius 2 is 1.77 bits per heavy atom. The Kier molecular flexibility index (Phi) is 10.9. The lowest BCUT2D eigenvalue weighted by molar-refractivity contribution is -0.150. The molecule has 0 aliphatic carbocycles. The molecule has 11 heteroatoms. The summed E-state index contributed by atoms with van der Waals surface area (Å²) in [5.41, 5.74) is 3.49. The molecule has 0 N–H and O–H groups in total. The number of halogens is 2. The van der Waals surface area contributed by atoms with Crippen molar-refractivity contribution >= 4 is 54.9 Å². The summed E-state index contributed by atoms with van der Waals surface area (Å²) in [6, 6.07) is 12.9. The SMILES string of the molecule is CCOC(=O)[C@@H](C)Oc1c(OCC)cc(C=Nn2c(-c3cc(C(C)C)c(OC)cc3C)nc3ccccc3c2=O)c(Br)c1Br. The number of benzene rings is 3. The van der Waals surface area contributed by atoms with E-state index in [0.717, 1.165) is 22.4 Å². The Hall–Kier alpha value is -3.70. The second kappa shape index (κ2) is 14.4. The fourth-order valence-electron chi connectivity index (χ4n) is 4.65. The maximum atomic E-state index is 13.9. The van der Waals surface area contributed by atoms with Crippen LogP contribution in [0.3, 0.4) is 0 Å². The lowest BCUT2D eigenvalue weighted by atomic mass is 9.96. The zero-order valence-electron chi connectivity index (χ0n) is 25.7. The number of para-hydroxylation sites is 1. The van der Waals surface area contributed by atoms with Gasteiger partial charge in [-0.25, -0.2) is 9.78 Å². The molecule has 0 spiro atoms.